The lowest BCUT2D eigenvalue weighted by Gasteiger charge is -2.26. The van der Waals surface area contributed by atoms with Crippen molar-refractivity contribution in [2.45, 2.75) is 19.0 Å². The number of ether oxygens (including phenoxy) is 2. The van der Waals surface area contributed by atoms with Crippen molar-refractivity contribution >= 4 is 0 Å². The molecule has 1 aliphatic rings. The highest BCUT2D eigenvalue weighted by molar-refractivity contribution is 5.36. The van der Waals surface area contributed by atoms with E-state index in [1.165, 1.54) is 18.7 Å². The van der Waals surface area contributed by atoms with Crippen LogP contribution < -0.4 is 14.8 Å². The van der Waals surface area contributed by atoms with E-state index in [-0.39, 0.29) is 17.6 Å². The van der Waals surface area contributed by atoms with E-state index in [0.29, 0.717) is 13.2 Å². The smallest absolute Gasteiger partial charge is 0.165 e. The van der Waals surface area contributed by atoms with Gasteiger partial charge in [0.25, 0.3) is 0 Å². The fraction of sp³-hybridized carbons (Fsp3) is 0.294. The molecule has 0 radical (unpaired) electrons. The summed E-state index contributed by atoms with van der Waals surface area (Å²) in [6, 6.07) is 13.3. The zero-order valence-electron chi connectivity index (χ0n) is 11.9. The second-order valence-electron chi connectivity index (χ2n) is 5.17. The number of halogens is 1. The highest BCUT2D eigenvalue weighted by Gasteiger charge is 2.18. The van der Waals surface area contributed by atoms with Gasteiger partial charge in [0.2, 0.25) is 0 Å². The van der Waals surface area contributed by atoms with Gasteiger partial charge in [0.1, 0.15) is 12.4 Å². The first-order valence-electron chi connectivity index (χ1n) is 7.03. The highest BCUT2D eigenvalue weighted by Crippen LogP contribution is 2.24. The molecule has 0 aliphatic carbocycles. The van der Waals surface area contributed by atoms with Crippen molar-refractivity contribution in [1.29, 1.82) is 0 Å². The molecule has 110 valence electrons. The zero-order chi connectivity index (χ0) is 14.7. The molecule has 1 aliphatic heterocycles. The largest absolute Gasteiger partial charge is 0.494 e. The molecule has 2 aromatic carbocycles. The topological polar surface area (TPSA) is 30.5 Å². The van der Waals surface area contributed by atoms with E-state index >= 15 is 0 Å². The molecule has 0 unspecified atom stereocenters. The predicted molar refractivity (Wildman–Crippen MR) is 79.2 cm³/mol. The van der Waals surface area contributed by atoms with Gasteiger partial charge in [-0.3, -0.25) is 0 Å². The first-order valence-corrected chi connectivity index (χ1v) is 7.03. The third-order valence-electron chi connectivity index (χ3n) is 3.69. The first-order chi connectivity index (χ1) is 10.3. The Morgan fingerprint density at radius 1 is 1.29 bits per heavy atom. The molecule has 3 rings (SSSR count). The van der Waals surface area contributed by atoms with Crippen molar-refractivity contribution in [3.05, 3.63) is 59.4 Å². The summed E-state index contributed by atoms with van der Waals surface area (Å²) in [5, 5.41) is 3.45. The van der Waals surface area contributed by atoms with Crippen LogP contribution in [0.5, 0.6) is 11.5 Å². The second kappa shape index (κ2) is 6.14. The molecule has 1 N–H and O–H groups in total. The molecule has 0 fully saturated rings. The lowest BCUT2D eigenvalue weighted by atomic mass is 10.0. The normalized spacial score (nSPS) is 17.0. The molecule has 1 heterocycles. The summed E-state index contributed by atoms with van der Waals surface area (Å²) in [5.41, 5.74) is 2.21. The molecule has 0 aromatic heterocycles. The van der Waals surface area contributed by atoms with E-state index in [4.69, 9.17) is 9.47 Å². The number of para-hydroxylation sites is 1. The minimum Gasteiger partial charge on any atom is -0.494 e. The Morgan fingerprint density at radius 2 is 2.14 bits per heavy atom. The van der Waals surface area contributed by atoms with E-state index in [2.05, 4.69) is 11.4 Å². The molecule has 0 bridgehead atoms. The van der Waals surface area contributed by atoms with Gasteiger partial charge in [0.05, 0.1) is 7.11 Å². The standard InChI is InChI=1S/C17H18FNO2/c1-20-17-8-12(6-7-15(17)18)10-19-14-9-13-4-2-3-5-16(13)21-11-14/h2-8,14,19H,9-11H2,1H3/t14-/m1/s1. The third kappa shape index (κ3) is 3.16. The van der Waals surface area contributed by atoms with Gasteiger partial charge in [-0.1, -0.05) is 24.3 Å². The molecule has 4 heteroatoms. The Hall–Kier alpha value is -2.07. The molecule has 1 atom stereocenters. The molecular formula is C17H18FNO2. The number of hydrogen-bond acceptors (Lipinski definition) is 3. The van der Waals surface area contributed by atoms with Crippen LogP contribution in [0.4, 0.5) is 4.39 Å². The summed E-state index contributed by atoms with van der Waals surface area (Å²) in [6.45, 7) is 1.31. The van der Waals surface area contributed by atoms with Gasteiger partial charge in [-0.2, -0.15) is 0 Å². The Morgan fingerprint density at radius 3 is 3.00 bits per heavy atom. The van der Waals surface area contributed by atoms with Crippen LogP contribution in [0, 0.1) is 5.82 Å². The second-order valence-corrected chi connectivity index (χ2v) is 5.17. The summed E-state index contributed by atoms with van der Waals surface area (Å²) < 4.78 is 24.1. The van der Waals surface area contributed by atoms with Crippen LogP contribution in [0.3, 0.4) is 0 Å². The van der Waals surface area contributed by atoms with Crippen LogP contribution in [0.1, 0.15) is 11.1 Å². The Balaban J connectivity index is 1.61. The molecular weight excluding hydrogens is 269 g/mol. The molecule has 0 spiro atoms. The number of hydrogen-bond donors (Lipinski definition) is 1. The molecule has 0 amide bonds. The zero-order valence-corrected chi connectivity index (χ0v) is 11.9. The van der Waals surface area contributed by atoms with Crippen LogP contribution in [0.25, 0.3) is 0 Å². The van der Waals surface area contributed by atoms with Crippen LogP contribution in [-0.4, -0.2) is 19.8 Å². The summed E-state index contributed by atoms with van der Waals surface area (Å²) in [6.07, 6.45) is 0.939. The monoisotopic (exact) mass is 287 g/mol. The average Bonchev–Trinajstić information content (AvgIpc) is 2.54. The molecule has 2 aromatic rings. The van der Waals surface area contributed by atoms with Crippen molar-refractivity contribution in [2.24, 2.45) is 0 Å². The maximum Gasteiger partial charge on any atom is 0.165 e. The van der Waals surface area contributed by atoms with Crippen LogP contribution in [0.15, 0.2) is 42.5 Å². The lowest BCUT2D eigenvalue weighted by molar-refractivity contribution is 0.238. The van der Waals surface area contributed by atoms with Gasteiger partial charge in [-0.25, -0.2) is 4.39 Å². The summed E-state index contributed by atoms with van der Waals surface area (Å²) in [7, 11) is 1.47. The fourth-order valence-electron chi connectivity index (χ4n) is 2.54. The van der Waals surface area contributed by atoms with Crippen molar-refractivity contribution < 1.29 is 13.9 Å². The first kappa shape index (κ1) is 13.9. The van der Waals surface area contributed by atoms with E-state index in [0.717, 1.165) is 17.7 Å². The van der Waals surface area contributed by atoms with Crippen LogP contribution >= 0.6 is 0 Å². The predicted octanol–water partition coefficient (Wildman–Crippen LogP) is 2.93. The Kier molecular flexibility index (Phi) is 4.06. The van der Waals surface area contributed by atoms with Crippen molar-refractivity contribution in [2.75, 3.05) is 13.7 Å². The summed E-state index contributed by atoms with van der Waals surface area (Å²) in [4.78, 5) is 0. The van der Waals surface area contributed by atoms with Crippen molar-refractivity contribution in [3.8, 4) is 11.5 Å². The average molecular weight is 287 g/mol. The third-order valence-corrected chi connectivity index (χ3v) is 3.69. The number of fused-ring (bicyclic) bond motifs is 1. The Labute approximate surface area is 123 Å². The summed E-state index contributed by atoms with van der Waals surface area (Å²) >= 11 is 0. The summed E-state index contributed by atoms with van der Waals surface area (Å²) in [5.74, 6) is 0.912. The van der Waals surface area contributed by atoms with Gasteiger partial charge in [0, 0.05) is 12.6 Å². The number of rotatable bonds is 4. The van der Waals surface area contributed by atoms with Gasteiger partial charge < -0.3 is 14.8 Å². The molecule has 0 saturated heterocycles. The maximum atomic E-state index is 13.4. The molecule has 0 saturated carbocycles. The Bertz CT molecular complexity index is 630. The minimum atomic E-state index is -0.337. The van der Waals surface area contributed by atoms with Gasteiger partial charge in [-0.15, -0.1) is 0 Å². The van der Waals surface area contributed by atoms with Crippen molar-refractivity contribution in [1.82, 2.24) is 5.32 Å². The molecule has 21 heavy (non-hydrogen) atoms. The van der Waals surface area contributed by atoms with Gasteiger partial charge in [-0.05, 0) is 35.7 Å². The van der Waals surface area contributed by atoms with E-state index in [1.807, 2.05) is 18.2 Å². The van der Waals surface area contributed by atoms with Gasteiger partial charge in [0.15, 0.2) is 11.6 Å². The highest BCUT2D eigenvalue weighted by atomic mass is 19.1. The quantitative estimate of drug-likeness (QED) is 0.938. The van der Waals surface area contributed by atoms with Crippen LogP contribution in [-0.2, 0) is 13.0 Å². The number of nitrogens with one attached hydrogen (secondary N) is 1. The SMILES string of the molecule is COc1cc(CN[C@H]2COc3ccccc3C2)ccc1F. The van der Waals surface area contributed by atoms with E-state index in [1.54, 1.807) is 12.1 Å². The van der Waals surface area contributed by atoms with Crippen LogP contribution in [0.2, 0.25) is 0 Å². The maximum absolute atomic E-state index is 13.4. The fourth-order valence-corrected chi connectivity index (χ4v) is 2.54. The van der Waals surface area contributed by atoms with Gasteiger partial charge >= 0.3 is 0 Å². The van der Waals surface area contributed by atoms with E-state index in [9.17, 15) is 4.39 Å². The lowest BCUT2D eigenvalue weighted by Crippen LogP contribution is -2.38. The molecule has 3 nitrogen and oxygen atoms in total. The number of benzene rings is 2. The minimum absolute atomic E-state index is 0.260. The van der Waals surface area contributed by atoms with E-state index < -0.39 is 0 Å². The number of methoxy groups -OCH3 is 1. The van der Waals surface area contributed by atoms with Crippen molar-refractivity contribution in [3.63, 3.8) is 0 Å².